The van der Waals surface area contributed by atoms with E-state index in [9.17, 15) is 4.79 Å². The SMILES string of the molecule is O=C(Cc1cccc(Cl)c1Cl)C1CCSC1. The average molecular weight is 275 g/mol. The van der Waals surface area contributed by atoms with Crippen molar-refractivity contribution in [3.8, 4) is 0 Å². The zero-order chi connectivity index (χ0) is 11.5. The van der Waals surface area contributed by atoms with Gasteiger partial charge in [0, 0.05) is 18.1 Å². The van der Waals surface area contributed by atoms with Crippen molar-refractivity contribution < 1.29 is 4.79 Å². The molecule has 1 aliphatic heterocycles. The van der Waals surface area contributed by atoms with Gasteiger partial charge in [0.05, 0.1) is 10.0 Å². The molecular formula is C12H12Cl2OS. The summed E-state index contributed by atoms with van der Waals surface area (Å²) in [5.41, 5.74) is 0.844. The molecular weight excluding hydrogens is 263 g/mol. The van der Waals surface area contributed by atoms with Crippen LogP contribution in [0.4, 0.5) is 0 Å². The normalized spacial score (nSPS) is 20.0. The van der Waals surface area contributed by atoms with E-state index < -0.39 is 0 Å². The van der Waals surface area contributed by atoms with E-state index in [1.807, 2.05) is 23.9 Å². The van der Waals surface area contributed by atoms with Crippen LogP contribution in [0.15, 0.2) is 18.2 Å². The maximum Gasteiger partial charge on any atom is 0.141 e. The van der Waals surface area contributed by atoms with E-state index in [0.29, 0.717) is 16.5 Å². The van der Waals surface area contributed by atoms with E-state index in [1.165, 1.54) is 0 Å². The number of thioether (sulfide) groups is 1. The van der Waals surface area contributed by atoms with E-state index in [1.54, 1.807) is 6.07 Å². The standard InChI is InChI=1S/C12H12Cl2OS/c13-10-3-1-2-8(12(10)14)6-11(15)9-4-5-16-7-9/h1-3,9H,4-7H2. The second kappa shape index (κ2) is 5.44. The molecule has 0 radical (unpaired) electrons. The molecule has 0 bridgehead atoms. The predicted molar refractivity (Wildman–Crippen MR) is 70.6 cm³/mol. The molecule has 1 atom stereocenters. The summed E-state index contributed by atoms with van der Waals surface area (Å²) in [7, 11) is 0. The molecule has 0 saturated carbocycles. The molecule has 0 N–H and O–H groups in total. The minimum absolute atomic E-state index is 0.208. The van der Waals surface area contributed by atoms with E-state index in [-0.39, 0.29) is 11.7 Å². The molecule has 1 unspecified atom stereocenters. The van der Waals surface area contributed by atoms with Gasteiger partial charge in [0.15, 0.2) is 0 Å². The molecule has 0 aliphatic carbocycles. The number of carbonyl (C=O) groups is 1. The van der Waals surface area contributed by atoms with Crippen molar-refractivity contribution >= 4 is 40.7 Å². The molecule has 4 heteroatoms. The Balaban J connectivity index is 2.08. The first-order chi connectivity index (χ1) is 7.68. The fourth-order valence-corrected chi connectivity index (χ4v) is 3.45. The number of Topliss-reactive ketones (excluding diaryl/α,β-unsaturated/α-hetero) is 1. The molecule has 1 aliphatic rings. The molecule has 1 aromatic rings. The molecule has 16 heavy (non-hydrogen) atoms. The molecule has 1 nitrogen and oxygen atoms in total. The molecule has 0 amide bonds. The van der Waals surface area contributed by atoms with Crippen LogP contribution in [-0.4, -0.2) is 17.3 Å². The molecule has 1 aromatic carbocycles. The highest BCUT2D eigenvalue weighted by Crippen LogP contribution is 2.29. The smallest absolute Gasteiger partial charge is 0.141 e. The summed E-state index contributed by atoms with van der Waals surface area (Å²) in [5, 5.41) is 1.04. The summed E-state index contributed by atoms with van der Waals surface area (Å²) < 4.78 is 0. The number of hydrogen-bond acceptors (Lipinski definition) is 2. The van der Waals surface area contributed by atoms with Gasteiger partial charge in [-0.05, 0) is 23.8 Å². The van der Waals surface area contributed by atoms with Crippen LogP contribution in [0, 0.1) is 5.92 Å². The number of benzene rings is 1. The Morgan fingerprint density at radius 2 is 2.25 bits per heavy atom. The summed E-state index contributed by atoms with van der Waals surface area (Å²) in [4.78, 5) is 12.0. The third-order valence-corrected chi connectivity index (χ3v) is 4.80. The van der Waals surface area contributed by atoms with Crippen molar-refractivity contribution in [2.45, 2.75) is 12.8 Å². The van der Waals surface area contributed by atoms with Gasteiger partial charge in [-0.1, -0.05) is 35.3 Å². The summed E-state index contributed by atoms with van der Waals surface area (Å²) in [6.07, 6.45) is 1.41. The van der Waals surface area contributed by atoms with Crippen LogP contribution in [0.3, 0.4) is 0 Å². The highest BCUT2D eigenvalue weighted by Gasteiger charge is 2.23. The average Bonchev–Trinajstić information content (AvgIpc) is 2.78. The second-order valence-electron chi connectivity index (χ2n) is 3.92. The lowest BCUT2D eigenvalue weighted by molar-refractivity contribution is -0.121. The first-order valence-corrected chi connectivity index (χ1v) is 7.13. The van der Waals surface area contributed by atoms with Crippen molar-refractivity contribution in [3.05, 3.63) is 33.8 Å². The number of ketones is 1. The summed E-state index contributed by atoms with van der Waals surface area (Å²) in [5.74, 6) is 2.55. The summed E-state index contributed by atoms with van der Waals surface area (Å²) >= 11 is 13.8. The topological polar surface area (TPSA) is 17.1 Å². The maximum absolute atomic E-state index is 12.0. The van der Waals surface area contributed by atoms with E-state index in [4.69, 9.17) is 23.2 Å². The fourth-order valence-electron chi connectivity index (χ4n) is 1.81. The maximum atomic E-state index is 12.0. The van der Waals surface area contributed by atoms with E-state index >= 15 is 0 Å². The molecule has 0 aromatic heterocycles. The third kappa shape index (κ3) is 2.73. The molecule has 1 heterocycles. The monoisotopic (exact) mass is 274 g/mol. The highest BCUT2D eigenvalue weighted by atomic mass is 35.5. The van der Waals surface area contributed by atoms with Crippen LogP contribution in [0.1, 0.15) is 12.0 Å². The van der Waals surface area contributed by atoms with Gasteiger partial charge < -0.3 is 0 Å². The minimum Gasteiger partial charge on any atom is -0.299 e. The Kier molecular flexibility index (Phi) is 4.17. The van der Waals surface area contributed by atoms with Crippen LogP contribution in [0.25, 0.3) is 0 Å². The number of carbonyl (C=O) groups excluding carboxylic acids is 1. The summed E-state index contributed by atoms with van der Waals surface area (Å²) in [6, 6.07) is 5.44. The van der Waals surface area contributed by atoms with Crippen LogP contribution in [-0.2, 0) is 11.2 Å². The molecule has 86 valence electrons. The molecule has 2 rings (SSSR count). The number of hydrogen-bond donors (Lipinski definition) is 0. The highest BCUT2D eigenvalue weighted by molar-refractivity contribution is 7.99. The lowest BCUT2D eigenvalue weighted by Crippen LogP contribution is -2.16. The molecule has 1 fully saturated rings. The van der Waals surface area contributed by atoms with Crippen molar-refractivity contribution in [2.75, 3.05) is 11.5 Å². The number of rotatable bonds is 3. The Morgan fingerprint density at radius 1 is 1.44 bits per heavy atom. The Labute approximate surface area is 110 Å². The fraction of sp³-hybridized carbons (Fsp3) is 0.417. The van der Waals surface area contributed by atoms with E-state index in [2.05, 4.69) is 0 Å². The van der Waals surface area contributed by atoms with Crippen LogP contribution < -0.4 is 0 Å². The lowest BCUT2D eigenvalue weighted by Gasteiger charge is -2.09. The zero-order valence-electron chi connectivity index (χ0n) is 8.71. The van der Waals surface area contributed by atoms with Crippen molar-refractivity contribution in [1.29, 1.82) is 0 Å². The first kappa shape index (κ1) is 12.3. The van der Waals surface area contributed by atoms with Gasteiger partial charge in [-0.2, -0.15) is 11.8 Å². The second-order valence-corrected chi connectivity index (χ2v) is 5.85. The van der Waals surface area contributed by atoms with Gasteiger partial charge in [-0.25, -0.2) is 0 Å². The van der Waals surface area contributed by atoms with E-state index in [0.717, 1.165) is 23.5 Å². The van der Waals surface area contributed by atoms with Gasteiger partial charge in [-0.3, -0.25) is 4.79 Å². The molecule has 1 saturated heterocycles. The largest absolute Gasteiger partial charge is 0.299 e. The van der Waals surface area contributed by atoms with Gasteiger partial charge in [0.1, 0.15) is 5.78 Å². The predicted octanol–water partition coefficient (Wildman–Crippen LogP) is 3.86. The quantitative estimate of drug-likeness (QED) is 0.833. The van der Waals surface area contributed by atoms with Gasteiger partial charge in [0.2, 0.25) is 0 Å². The Bertz CT molecular complexity index is 400. The first-order valence-electron chi connectivity index (χ1n) is 5.22. The van der Waals surface area contributed by atoms with Gasteiger partial charge in [-0.15, -0.1) is 0 Å². The minimum atomic E-state index is 0.208. The zero-order valence-corrected chi connectivity index (χ0v) is 11.0. The van der Waals surface area contributed by atoms with Crippen molar-refractivity contribution in [1.82, 2.24) is 0 Å². The van der Waals surface area contributed by atoms with Crippen LogP contribution >= 0.6 is 35.0 Å². The van der Waals surface area contributed by atoms with Gasteiger partial charge >= 0.3 is 0 Å². The van der Waals surface area contributed by atoms with Crippen LogP contribution in [0.5, 0.6) is 0 Å². The van der Waals surface area contributed by atoms with Crippen LogP contribution in [0.2, 0.25) is 10.0 Å². The lowest BCUT2D eigenvalue weighted by atomic mass is 9.97. The summed E-state index contributed by atoms with van der Waals surface area (Å²) in [6.45, 7) is 0. The molecule has 0 spiro atoms. The van der Waals surface area contributed by atoms with Crippen molar-refractivity contribution in [3.63, 3.8) is 0 Å². The third-order valence-electron chi connectivity index (χ3n) is 2.78. The van der Waals surface area contributed by atoms with Crippen molar-refractivity contribution in [2.24, 2.45) is 5.92 Å². The Morgan fingerprint density at radius 3 is 2.94 bits per heavy atom. The number of halogens is 2. The van der Waals surface area contributed by atoms with Gasteiger partial charge in [0.25, 0.3) is 0 Å². The Hall–Kier alpha value is -0.180.